The van der Waals surface area contributed by atoms with Gasteiger partial charge in [-0.1, -0.05) is 0 Å². The van der Waals surface area contributed by atoms with E-state index in [0.29, 0.717) is 11.9 Å². The Hall–Kier alpha value is -1.69. The van der Waals surface area contributed by atoms with Crippen molar-refractivity contribution in [2.75, 3.05) is 11.4 Å². The molecule has 100 valence electrons. The van der Waals surface area contributed by atoms with Crippen LogP contribution in [0.1, 0.15) is 26.7 Å². The van der Waals surface area contributed by atoms with Crippen LogP contribution in [0.15, 0.2) is 18.5 Å². The molecule has 0 spiro atoms. The van der Waals surface area contributed by atoms with Gasteiger partial charge in [0.2, 0.25) is 11.2 Å². The van der Waals surface area contributed by atoms with Crippen molar-refractivity contribution in [3.8, 4) is 5.95 Å². The second-order valence-electron chi connectivity index (χ2n) is 5.22. The number of hydrogen-bond acceptors (Lipinski definition) is 5. The second-order valence-corrected chi connectivity index (χ2v) is 5.56. The highest BCUT2D eigenvalue weighted by atomic mass is 35.5. The first-order chi connectivity index (χ1) is 9.06. The van der Waals surface area contributed by atoms with Gasteiger partial charge in [0, 0.05) is 24.5 Å². The average Bonchev–Trinajstić information content (AvgIpc) is 2.96. The molecule has 6 nitrogen and oxygen atoms in total. The van der Waals surface area contributed by atoms with Gasteiger partial charge in [0.05, 0.1) is 0 Å². The van der Waals surface area contributed by atoms with Crippen LogP contribution in [0, 0.1) is 0 Å². The van der Waals surface area contributed by atoms with Gasteiger partial charge in [-0.15, -0.1) is 0 Å². The van der Waals surface area contributed by atoms with Crippen LogP contribution in [0.2, 0.25) is 5.28 Å². The summed E-state index contributed by atoms with van der Waals surface area (Å²) in [6, 6.07) is 1.82. The summed E-state index contributed by atoms with van der Waals surface area (Å²) in [7, 11) is 0. The molecule has 1 saturated heterocycles. The Kier molecular flexibility index (Phi) is 2.89. The third kappa shape index (κ3) is 2.28. The third-order valence-corrected chi connectivity index (χ3v) is 3.61. The molecule has 7 heteroatoms. The van der Waals surface area contributed by atoms with E-state index in [1.165, 1.54) is 0 Å². The summed E-state index contributed by atoms with van der Waals surface area (Å²) in [6.07, 6.45) is 5.71. The number of halogens is 1. The minimum absolute atomic E-state index is 0.0477. The van der Waals surface area contributed by atoms with Gasteiger partial charge in [0.15, 0.2) is 0 Å². The Morgan fingerprint density at radius 3 is 2.63 bits per heavy atom. The van der Waals surface area contributed by atoms with Gasteiger partial charge in [-0.25, -0.2) is 4.68 Å². The van der Waals surface area contributed by atoms with Crippen LogP contribution in [0.4, 0.5) is 5.95 Å². The maximum Gasteiger partial charge on any atom is 0.256 e. The smallest absolute Gasteiger partial charge is 0.256 e. The Bertz CT molecular complexity index is 580. The van der Waals surface area contributed by atoms with Crippen molar-refractivity contribution in [3.63, 3.8) is 0 Å². The van der Waals surface area contributed by atoms with Crippen molar-refractivity contribution in [2.45, 2.75) is 32.2 Å². The first-order valence-electron chi connectivity index (χ1n) is 6.25. The van der Waals surface area contributed by atoms with E-state index in [0.717, 1.165) is 19.4 Å². The van der Waals surface area contributed by atoms with Crippen molar-refractivity contribution in [1.29, 1.82) is 0 Å². The molecule has 0 saturated carbocycles. The highest BCUT2D eigenvalue weighted by molar-refractivity contribution is 6.28. The van der Waals surface area contributed by atoms with Crippen molar-refractivity contribution >= 4 is 17.5 Å². The topological polar surface area (TPSA) is 59.7 Å². The molecule has 3 heterocycles. The molecule has 1 fully saturated rings. The van der Waals surface area contributed by atoms with Crippen LogP contribution in [-0.2, 0) is 0 Å². The molecule has 2 aromatic heterocycles. The number of anilines is 1. The zero-order valence-corrected chi connectivity index (χ0v) is 11.7. The third-order valence-electron chi connectivity index (χ3n) is 3.44. The Balaban J connectivity index is 2.03. The second kappa shape index (κ2) is 4.45. The molecule has 1 aliphatic heterocycles. The van der Waals surface area contributed by atoms with Crippen LogP contribution in [0.5, 0.6) is 0 Å². The van der Waals surface area contributed by atoms with Crippen molar-refractivity contribution in [2.24, 2.45) is 0 Å². The fourth-order valence-electron chi connectivity index (χ4n) is 2.42. The maximum absolute atomic E-state index is 6.01. The van der Waals surface area contributed by atoms with Crippen LogP contribution < -0.4 is 4.90 Å². The molecule has 0 atom stereocenters. The van der Waals surface area contributed by atoms with Crippen LogP contribution in [0.25, 0.3) is 5.95 Å². The van der Waals surface area contributed by atoms with Gasteiger partial charge in [-0.05, 0) is 44.4 Å². The van der Waals surface area contributed by atoms with E-state index in [1.54, 1.807) is 17.1 Å². The highest BCUT2D eigenvalue weighted by Gasteiger charge is 2.34. The van der Waals surface area contributed by atoms with Gasteiger partial charge in [-0.2, -0.15) is 20.1 Å². The molecule has 0 N–H and O–H groups in total. The van der Waals surface area contributed by atoms with Crippen molar-refractivity contribution in [1.82, 2.24) is 24.7 Å². The van der Waals surface area contributed by atoms with E-state index in [2.05, 4.69) is 38.8 Å². The lowest BCUT2D eigenvalue weighted by Crippen LogP contribution is -2.39. The molecule has 3 rings (SSSR count). The molecule has 0 amide bonds. The summed E-state index contributed by atoms with van der Waals surface area (Å²) in [6.45, 7) is 5.31. The molecule has 0 radical (unpaired) electrons. The monoisotopic (exact) mass is 278 g/mol. The number of hydrogen-bond donors (Lipinski definition) is 0. The molecular formula is C12H15ClN6. The Morgan fingerprint density at radius 1 is 1.21 bits per heavy atom. The van der Waals surface area contributed by atoms with Gasteiger partial charge < -0.3 is 4.90 Å². The van der Waals surface area contributed by atoms with E-state index in [4.69, 9.17) is 11.6 Å². The standard InChI is InChI=1S/C12H15ClN6/c1-12(2)5-3-7-18(12)10-15-9(13)16-11(17-10)19-8-4-6-14-19/h4,6,8H,3,5,7H2,1-2H3. The lowest BCUT2D eigenvalue weighted by molar-refractivity contribution is 0.508. The lowest BCUT2D eigenvalue weighted by Gasteiger charge is -2.31. The molecule has 19 heavy (non-hydrogen) atoms. The Morgan fingerprint density at radius 2 is 2.00 bits per heavy atom. The lowest BCUT2D eigenvalue weighted by atomic mass is 10.0. The van der Waals surface area contributed by atoms with Crippen molar-refractivity contribution in [3.05, 3.63) is 23.7 Å². The number of rotatable bonds is 2. The minimum atomic E-state index is 0.0477. The molecule has 1 aliphatic rings. The maximum atomic E-state index is 6.01. The van der Waals surface area contributed by atoms with Crippen molar-refractivity contribution < 1.29 is 0 Å². The van der Waals surface area contributed by atoms with Gasteiger partial charge in [0.25, 0.3) is 5.95 Å². The summed E-state index contributed by atoms with van der Waals surface area (Å²) < 4.78 is 1.58. The van der Waals surface area contributed by atoms with E-state index in [9.17, 15) is 0 Å². The normalized spacial score (nSPS) is 17.9. The summed E-state index contributed by atoms with van der Waals surface area (Å²) in [5, 5.41) is 4.31. The zero-order valence-electron chi connectivity index (χ0n) is 10.9. The summed E-state index contributed by atoms with van der Waals surface area (Å²) in [5.41, 5.74) is 0.0477. The zero-order chi connectivity index (χ0) is 13.5. The predicted octanol–water partition coefficient (Wildman–Crippen LogP) is 2.09. The molecule has 0 unspecified atom stereocenters. The summed E-state index contributed by atoms with van der Waals surface area (Å²) >= 11 is 6.01. The predicted molar refractivity (Wildman–Crippen MR) is 72.6 cm³/mol. The van der Waals surface area contributed by atoms with E-state index < -0.39 is 0 Å². The van der Waals surface area contributed by atoms with Crippen LogP contribution >= 0.6 is 11.6 Å². The van der Waals surface area contributed by atoms with Gasteiger partial charge in [-0.3, -0.25) is 0 Å². The van der Waals surface area contributed by atoms with Crippen LogP contribution in [0.3, 0.4) is 0 Å². The fraction of sp³-hybridized carbons (Fsp3) is 0.500. The molecule has 0 bridgehead atoms. The summed E-state index contributed by atoms with van der Waals surface area (Å²) in [5.74, 6) is 1.07. The Labute approximate surface area is 116 Å². The number of aromatic nitrogens is 5. The van der Waals surface area contributed by atoms with Gasteiger partial charge in [0.1, 0.15) is 0 Å². The first kappa shape index (κ1) is 12.3. The summed E-state index contributed by atoms with van der Waals surface area (Å²) in [4.78, 5) is 15.0. The molecule has 0 aromatic carbocycles. The average molecular weight is 279 g/mol. The first-order valence-corrected chi connectivity index (χ1v) is 6.63. The fourth-order valence-corrected chi connectivity index (χ4v) is 2.57. The largest absolute Gasteiger partial charge is 0.336 e. The van der Waals surface area contributed by atoms with E-state index >= 15 is 0 Å². The molecule has 0 aliphatic carbocycles. The minimum Gasteiger partial charge on any atom is -0.336 e. The van der Waals surface area contributed by atoms with Gasteiger partial charge >= 0.3 is 0 Å². The quantitative estimate of drug-likeness (QED) is 0.842. The SMILES string of the molecule is CC1(C)CCCN1c1nc(Cl)nc(-n2cccn2)n1. The highest BCUT2D eigenvalue weighted by Crippen LogP contribution is 2.31. The van der Waals surface area contributed by atoms with E-state index in [1.807, 2.05) is 6.07 Å². The van der Waals surface area contributed by atoms with E-state index in [-0.39, 0.29) is 10.8 Å². The molecule has 2 aromatic rings. The molecular weight excluding hydrogens is 264 g/mol. The van der Waals surface area contributed by atoms with Crippen LogP contribution in [-0.4, -0.2) is 36.8 Å². The number of nitrogens with zero attached hydrogens (tertiary/aromatic N) is 6.